The van der Waals surface area contributed by atoms with Crippen molar-refractivity contribution in [3.8, 4) is 0 Å². The molecule has 0 saturated carbocycles. The first kappa shape index (κ1) is 14.9. The summed E-state index contributed by atoms with van der Waals surface area (Å²) in [5.74, 6) is 0.856. The smallest absolute Gasteiger partial charge is 0.211 e. The quantitative estimate of drug-likeness (QED) is 0.586. The lowest BCUT2D eigenvalue weighted by molar-refractivity contribution is 0.538. The van der Waals surface area contributed by atoms with Crippen molar-refractivity contribution < 1.29 is 8.42 Å². The van der Waals surface area contributed by atoms with Gasteiger partial charge in [0.15, 0.2) is 0 Å². The summed E-state index contributed by atoms with van der Waals surface area (Å²) in [5.41, 5.74) is 0. The molecule has 0 aromatic rings. The number of hydrogen-bond acceptors (Lipinski definition) is 3. The summed E-state index contributed by atoms with van der Waals surface area (Å²) in [7, 11) is -1.22. The van der Waals surface area contributed by atoms with Gasteiger partial charge in [-0.25, -0.2) is 13.1 Å². The molecule has 0 spiro atoms. The van der Waals surface area contributed by atoms with Crippen LogP contribution in [0, 0.1) is 5.92 Å². The third-order valence-electron chi connectivity index (χ3n) is 2.12. The Bertz CT molecular complexity index is 238. The molecule has 0 aliphatic rings. The Balaban J connectivity index is 3.56. The molecule has 0 bridgehead atoms. The van der Waals surface area contributed by atoms with Gasteiger partial charge in [0.1, 0.15) is 0 Å². The number of hydrogen-bond donors (Lipinski definition) is 2. The van der Waals surface area contributed by atoms with Crippen LogP contribution in [0.3, 0.4) is 0 Å². The predicted octanol–water partition coefficient (Wildman–Crippen LogP) is 0.952. The number of sulfonamides is 1. The van der Waals surface area contributed by atoms with Crippen molar-refractivity contribution in [2.24, 2.45) is 5.92 Å². The van der Waals surface area contributed by atoms with Gasteiger partial charge < -0.3 is 5.32 Å². The van der Waals surface area contributed by atoms with E-state index in [1.807, 2.05) is 7.05 Å². The highest BCUT2D eigenvalue weighted by Crippen LogP contribution is 2.02. The number of rotatable bonds is 9. The van der Waals surface area contributed by atoms with E-state index in [1.54, 1.807) is 0 Å². The fourth-order valence-electron chi connectivity index (χ4n) is 1.25. The van der Waals surface area contributed by atoms with E-state index in [9.17, 15) is 8.42 Å². The number of nitrogens with one attached hydrogen (secondary N) is 2. The Labute approximate surface area is 93.9 Å². The van der Waals surface area contributed by atoms with Crippen LogP contribution in [0.4, 0.5) is 0 Å². The van der Waals surface area contributed by atoms with Crippen molar-refractivity contribution in [3.63, 3.8) is 0 Å². The summed E-state index contributed by atoms with van der Waals surface area (Å²) < 4.78 is 25.4. The molecule has 0 aliphatic heterocycles. The lowest BCUT2D eigenvalue weighted by atomic mass is 10.1. The van der Waals surface area contributed by atoms with Crippen LogP contribution in [0.2, 0.25) is 0 Å². The zero-order valence-electron chi connectivity index (χ0n) is 10.0. The van der Waals surface area contributed by atoms with Crippen molar-refractivity contribution in [1.29, 1.82) is 0 Å². The zero-order valence-corrected chi connectivity index (χ0v) is 10.9. The van der Waals surface area contributed by atoms with Crippen LogP contribution in [0.5, 0.6) is 0 Å². The van der Waals surface area contributed by atoms with Crippen LogP contribution < -0.4 is 10.0 Å². The molecule has 0 amide bonds. The van der Waals surface area contributed by atoms with Crippen molar-refractivity contribution in [3.05, 3.63) is 0 Å². The summed E-state index contributed by atoms with van der Waals surface area (Å²) in [5, 5.41) is 2.93. The normalized spacial score (nSPS) is 12.3. The van der Waals surface area contributed by atoms with Crippen molar-refractivity contribution in [2.45, 2.75) is 33.1 Å². The molecule has 0 aromatic heterocycles. The third kappa shape index (κ3) is 10.2. The molecule has 4 nitrogen and oxygen atoms in total. The molecule has 5 heteroatoms. The Morgan fingerprint density at radius 2 is 1.80 bits per heavy atom. The first-order valence-corrected chi connectivity index (χ1v) is 7.25. The van der Waals surface area contributed by atoms with Gasteiger partial charge in [-0.2, -0.15) is 0 Å². The minimum Gasteiger partial charge on any atom is -0.320 e. The largest absolute Gasteiger partial charge is 0.320 e. The van der Waals surface area contributed by atoms with Crippen LogP contribution >= 0.6 is 0 Å². The van der Waals surface area contributed by atoms with Crippen LogP contribution in [0.1, 0.15) is 33.1 Å². The van der Waals surface area contributed by atoms with Gasteiger partial charge in [0.2, 0.25) is 10.0 Å². The highest BCUT2D eigenvalue weighted by Gasteiger charge is 2.08. The zero-order chi connectivity index (χ0) is 11.7. The van der Waals surface area contributed by atoms with E-state index >= 15 is 0 Å². The van der Waals surface area contributed by atoms with Gasteiger partial charge in [-0.15, -0.1) is 0 Å². The van der Waals surface area contributed by atoms with Gasteiger partial charge in [0.25, 0.3) is 0 Å². The van der Waals surface area contributed by atoms with E-state index in [0.29, 0.717) is 18.9 Å². The first-order valence-electron chi connectivity index (χ1n) is 5.60. The van der Waals surface area contributed by atoms with Gasteiger partial charge in [-0.05, 0) is 38.8 Å². The summed E-state index contributed by atoms with van der Waals surface area (Å²) in [6, 6.07) is 0. The minimum absolute atomic E-state index is 0.218. The maximum atomic E-state index is 11.4. The molecule has 15 heavy (non-hydrogen) atoms. The van der Waals surface area contributed by atoms with Crippen LogP contribution in [-0.4, -0.2) is 34.3 Å². The molecule has 0 rings (SSSR count). The molecule has 92 valence electrons. The third-order valence-corrected chi connectivity index (χ3v) is 3.59. The molecular weight excluding hydrogens is 212 g/mol. The fourth-order valence-corrected chi connectivity index (χ4v) is 2.37. The lowest BCUT2D eigenvalue weighted by Crippen LogP contribution is -2.28. The first-order chi connectivity index (χ1) is 6.98. The molecule has 0 unspecified atom stereocenters. The molecule has 0 heterocycles. The monoisotopic (exact) mass is 236 g/mol. The summed E-state index contributed by atoms with van der Waals surface area (Å²) in [4.78, 5) is 0. The second-order valence-electron chi connectivity index (χ2n) is 4.21. The SMILES string of the molecule is CNCCCS(=O)(=O)NCCCC(C)C. The van der Waals surface area contributed by atoms with Gasteiger partial charge >= 0.3 is 0 Å². The average Bonchev–Trinajstić information content (AvgIpc) is 2.13. The fraction of sp³-hybridized carbons (Fsp3) is 1.00. The highest BCUT2D eigenvalue weighted by atomic mass is 32.2. The Kier molecular flexibility index (Phi) is 8.00. The van der Waals surface area contributed by atoms with Crippen LogP contribution in [-0.2, 0) is 10.0 Å². The second kappa shape index (κ2) is 8.07. The predicted molar refractivity (Wildman–Crippen MR) is 64.4 cm³/mol. The molecule has 0 aromatic carbocycles. The van der Waals surface area contributed by atoms with E-state index in [0.717, 1.165) is 19.4 Å². The summed E-state index contributed by atoms with van der Waals surface area (Å²) in [6.07, 6.45) is 2.65. The summed E-state index contributed by atoms with van der Waals surface area (Å²) >= 11 is 0. The van der Waals surface area contributed by atoms with Gasteiger partial charge in [0, 0.05) is 6.54 Å². The Hall–Kier alpha value is -0.130. The van der Waals surface area contributed by atoms with E-state index in [-0.39, 0.29) is 5.75 Å². The van der Waals surface area contributed by atoms with E-state index in [2.05, 4.69) is 23.9 Å². The van der Waals surface area contributed by atoms with E-state index in [4.69, 9.17) is 0 Å². The van der Waals surface area contributed by atoms with Crippen LogP contribution in [0.15, 0.2) is 0 Å². The van der Waals surface area contributed by atoms with Crippen LogP contribution in [0.25, 0.3) is 0 Å². The molecule has 0 aliphatic carbocycles. The van der Waals surface area contributed by atoms with Gasteiger partial charge in [0.05, 0.1) is 5.75 Å². The summed E-state index contributed by atoms with van der Waals surface area (Å²) in [6.45, 7) is 5.59. The molecular formula is C10H24N2O2S. The highest BCUT2D eigenvalue weighted by molar-refractivity contribution is 7.89. The maximum absolute atomic E-state index is 11.4. The molecule has 2 N–H and O–H groups in total. The van der Waals surface area contributed by atoms with Gasteiger partial charge in [-0.1, -0.05) is 13.8 Å². The van der Waals surface area contributed by atoms with E-state index in [1.165, 1.54) is 0 Å². The van der Waals surface area contributed by atoms with E-state index < -0.39 is 10.0 Å². The Morgan fingerprint density at radius 3 is 2.33 bits per heavy atom. The lowest BCUT2D eigenvalue weighted by Gasteiger charge is -2.07. The Morgan fingerprint density at radius 1 is 1.13 bits per heavy atom. The molecule has 0 atom stereocenters. The van der Waals surface area contributed by atoms with Gasteiger partial charge in [-0.3, -0.25) is 0 Å². The maximum Gasteiger partial charge on any atom is 0.211 e. The molecule has 0 radical (unpaired) electrons. The minimum atomic E-state index is -3.04. The second-order valence-corrected chi connectivity index (χ2v) is 6.13. The standard InChI is InChI=1S/C10H24N2O2S/c1-10(2)6-4-8-12-15(13,14)9-5-7-11-3/h10-12H,4-9H2,1-3H3. The van der Waals surface area contributed by atoms with Crippen molar-refractivity contribution >= 4 is 10.0 Å². The topological polar surface area (TPSA) is 58.2 Å². The molecule has 0 fully saturated rings. The van der Waals surface area contributed by atoms with Crippen molar-refractivity contribution in [1.82, 2.24) is 10.0 Å². The molecule has 0 saturated heterocycles. The van der Waals surface area contributed by atoms with Crippen molar-refractivity contribution in [2.75, 3.05) is 25.9 Å². The average molecular weight is 236 g/mol.